The normalized spacial score (nSPS) is 10.6. The van der Waals surface area contributed by atoms with Crippen LogP contribution in [-0.4, -0.2) is 38.1 Å². The van der Waals surface area contributed by atoms with Gasteiger partial charge in [-0.1, -0.05) is 23.8 Å². The van der Waals surface area contributed by atoms with Crippen molar-refractivity contribution in [2.75, 3.05) is 27.3 Å². The van der Waals surface area contributed by atoms with Crippen LogP contribution in [0, 0.1) is 0 Å². The molecule has 0 heterocycles. The number of likely N-dealkylation sites (N-methyl/N-ethyl adjacent to an activating group) is 1. The second-order valence-corrected chi connectivity index (χ2v) is 5.29. The second kappa shape index (κ2) is 8.49. The lowest BCUT2D eigenvalue weighted by Crippen LogP contribution is -2.30. The third-order valence-corrected chi connectivity index (χ3v) is 3.31. The Morgan fingerprint density at radius 1 is 1.36 bits per heavy atom. The Kier molecular flexibility index (Phi) is 6.99. The Bertz CT molecular complexity index is 582. The minimum Gasteiger partial charge on any atom is -0.493 e. The summed E-state index contributed by atoms with van der Waals surface area (Å²) >= 11 is 6.14. The Labute approximate surface area is 137 Å². The van der Waals surface area contributed by atoms with Crippen LogP contribution >= 0.6 is 11.6 Å². The summed E-state index contributed by atoms with van der Waals surface area (Å²) in [5, 5.41) is 0.434. The number of hydrogen-bond acceptors (Lipinski definition) is 3. The molecular weight excluding hydrogens is 302 g/mol. The summed E-state index contributed by atoms with van der Waals surface area (Å²) in [5.74, 6) is 0.929. The molecule has 0 saturated carbocycles. The highest BCUT2D eigenvalue weighted by Crippen LogP contribution is 2.36. The first-order chi connectivity index (χ1) is 10.4. The summed E-state index contributed by atoms with van der Waals surface area (Å²) in [6.45, 7) is 8.84. The molecule has 0 atom stereocenters. The Hall–Kier alpha value is -1.94. The molecule has 22 heavy (non-hydrogen) atoms. The SMILES string of the molecule is C=C(C)CN(CC)C(=O)C=Cc1cc(Cl)c(OC)c(OC)c1. The van der Waals surface area contributed by atoms with E-state index in [9.17, 15) is 4.79 Å². The van der Waals surface area contributed by atoms with Crippen molar-refractivity contribution in [3.63, 3.8) is 0 Å². The van der Waals surface area contributed by atoms with Crippen molar-refractivity contribution >= 4 is 23.6 Å². The average molecular weight is 324 g/mol. The van der Waals surface area contributed by atoms with Crippen LogP contribution in [0.3, 0.4) is 0 Å². The highest BCUT2D eigenvalue weighted by molar-refractivity contribution is 6.32. The largest absolute Gasteiger partial charge is 0.493 e. The summed E-state index contributed by atoms with van der Waals surface area (Å²) in [6, 6.07) is 3.49. The summed E-state index contributed by atoms with van der Waals surface area (Å²) in [6.07, 6.45) is 3.22. The maximum Gasteiger partial charge on any atom is 0.246 e. The molecule has 0 aliphatic rings. The maximum atomic E-state index is 12.2. The minimum absolute atomic E-state index is 0.0728. The molecule has 1 amide bonds. The number of halogens is 1. The van der Waals surface area contributed by atoms with Crippen LogP contribution < -0.4 is 9.47 Å². The lowest BCUT2D eigenvalue weighted by molar-refractivity contribution is -0.125. The molecule has 0 saturated heterocycles. The van der Waals surface area contributed by atoms with Crippen LogP contribution in [0.5, 0.6) is 11.5 Å². The second-order valence-electron chi connectivity index (χ2n) is 4.88. The summed E-state index contributed by atoms with van der Waals surface area (Å²) in [7, 11) is 3.07. The Morgan fingerprint density at radius 2 is 2.05 bits per heavy atom. The van der Waals surface area contributed by atoms with E-state index < -0.39 is 0 Å². The van der Waals surface area contributed by atoms with Crippen LogP contribution in [0.25, 0.3) is 6.08 Å². The Morgan fingerprint density at radius 3 is 2.55 bits per heavy atom. The number of nitrogens with zero attached hydrogens (tertiary/aromatic N) is 1. The number of hydrogen-bond donors (Lipinski definition) is 0. The first-order valence-electron chi connectivity index (χ1n) is 6.95. The number of carbonyl (C=O) groups excluding carboxylic acids is 1. The van der Waals surface area contributed by atoms with Crippen molar-refractivity contribution in [1.82, 2.24) is 4.90 Å². The molecule has 1 aromatic carbocycles. The van der Waals surface area contributed by atoms with Crippen LogP contribution in [0.2, 0.25) is 5.02 Å². The summed E-state index contributed by atoms with van der Waals surface area (Å²) < 4.78 is 10.4. The van der Waals surface area contributed by atoms with Crippen LogP contribution in [0.15, 0.2) is 30.4 Å². The molecule has 0 spiro atoms. The predicted molar refractivity (Wildman–Crippen MR) is 90.7 cm³/mol. The van der Waals surface area contributed by atoms with Crippen molar-refractivity contribution < 1.29 is 14.3 Å². The van der Waals surface area contributed by atoms with Gasteiger partial charge in [0.15, 0.2) is 11.5 Å². The molecule has 0 radical (unpaired) electrons. The van der Waals surface area contributed by atoms with Crippen molar-refractivity contribution in [1.29, 1.82) is 0 Å². The molecular formula is C17H22ClNO3. The molecule has 0 bridgehead atoms. The maximum absolute atomic E-state index is 12.2. The van der Waals surface area contributed by atoms with Gasteiger partial charge in [-0.05, 0) is 37.6 Å². The average Bonchev–Trinajstić information content (AvgIpc) is 2.49. The number of ether oxygens (including phenoxy) is 2. The first kappa shape index (κ1) is 18.1. The summed E-state index contributed by atoms with van der Waals surface area (Å²) in [5.41, 5.74) is 1.71. The van der Waals surface area contributed by atoms with Gasteiger partial charge < -0.3 is 14.4 Å². The van der Waals surface area contributed by atoms with Gasteiger partial charge in [0, 0.05) is 19.2 Å². The van der Waals surface area contributed by atoms with Gasteiger partial charge in [-0.15, -0.1) is 0 Å². The zero-order valence-electron chi connectivity index (χ0n) is 13.5. The fourth-order valence-electron chi connectivity index (χ4n) is 1.98. The zero-order valence-corrected chi connectivity index (χ0v) is 14.2. The quantitative estimate of drug-likeness (QED) is 0.566. The number of amides is 1. The van der Waals surface area contributed by atoms with Crippen molar-refractivity contribution in [2.24, 2.45) is 0 Å². The number of benzene rings is 1. The van der Waals surface area contributed by atoms with Crippen LogP contribution in [-0.2, 0) is 4.79 Å². The molecule has 0 unspecified atom stereocenters. The van der Waals surface area contributed by atoms with Crippen molar-refractivity contribution in [3.8, 4) is 11.5 Å². The van der Waals surface area contributed by atoms with E-state index in [1.54, 1.807) is 30.2 Å². The van der Waals surface area contributed by atoms with E-state index in [4.69, 9.17) is 21.1 Å². The molecule has 0 fully saturated rings. The third-order valence-electron chi connectivity index (χ3n) is 3.03. The van der Waals surface area contributed by atoms with E-state index in [1.807, 2.05) is 13.8 Å². The smallest absolute Gasteiger partial charge is 0.246 e. The van der Waals surface area contributed by atoms with Gasteiger partial charge in [-0.2, -0.15) is 0 Å². The summed E-state index contributed by atoms with van der Waals surface area (Å²) in [4.78, 5) is 13.9. The third kappa shape index (κ3) is 4.81. The molecule has 4 nitrogen and oxygen atoms in total. The number of methoxy groups -OCH3 is 2. The van der Waals surface area contributed by atoms with E-state index >= 15 is 0 Å². The van der Waals surface area contributed by atoms with E-state index in [-0.39, 0.29) is 5.91 Å². The van der Waals surface area contributed by atoms with Gasteiger partial charge in [0.2, 0.25) is 5.91 Å². The van der Waals surface area contributed by atoms with Crippen LogP contribution in [0.1, 0.15) is 19.4 Å². The molecule has 1 rings (SSSR count). The lowest BCUT2D eigenvalue weighted by Gasteiger charge is -2.19. The van der Waals surface area contributed by atoms with Crippen molar-refractivity contribution in [2.45, 2.75) is 13.8 Å². The van der Waals surface area contributed by atoms with E-state index in [0.717, 1.165) is 11.1 Å². The lowest BCUT2D eigenvalue weighted by atomic mass is 10.1. The minimum atomic E-state index is -0.0728. The molecule has 0 aromatic heterocycles. The molecule has 0 aliphatic carbocycles. The topological polar surface area (TPSA) is 38.8 Å². The highest BCUT2D eigenvalue weighted by Gasteiger charge is 2.11. The van der Waals surface area contributed by atoms with Gasteiger partial charge >= 0.3 is 0 Å². The fourth-order valence-corrected chi connectivity index (χ4v) is 2.27. The van der Waals surface area contributed by atoms with Gasteiger partial charge in [0.25, 0.3) is 0 Å². The van der Waals surface area contributed by atoms with E-state index in [1.165, 1.54) is 13.2 Å². The van der Waals surface area contributed by atoms with Crippen LogP contribution in [0.4, 0.5) is 0 Å². The van der Waals surface area contributed by atoms with Gasteiger partial charge in [-0.25, -0.2) is 0 Å². The zero-order chi connectivity index (χ0) is 16.7. The molecule has 120 valence electrons. The van der Waals surface area contributed by atoms with E-state index in [0.29, 0.717) is 29.6 Å². The monoisotopic (exact) mass is 323 g/mol. The standard InChI is InChI=1S/C17H22ClNO3/c1-6-19(11-12(2)3)16(20)8-7-13-9-14(18)17(22-5)15(10-13)21-4/h7-10H,2,6,11H2,1,3-5H3. The molecule has 0 N–H and O–H groups in total. The van der Waals surface area contributed by atoms with Crippen molar-refractivity contribution in [3.05, 3.63) is 40.9 Å². The van der Waals surface area contributed by atoms with Gasteiger partial charge in [0.1, 0.15) is 0 Å². The fraction of sp³-hybridized carbons (Fsp3) is 0.353. The Balaban J connectivity index is 2.96. The molecule has 5 heteroatoms. The predicted octanol–water partition coefficient (Wildman–Crippen LogP) is 3.80. The van der Waals surface area contributed by atoms with E-state index in [2.05, 4.69) is 6.58 Å². The number of rotatable bonds is 7. The highest BCUT2D eigenvalue weighted by atomic mass is 35.5. The first-order valence-corrected chi connectivity index (χ1v) is 7.33. The molecule has 0 aliphatic heterocycles. The molecule has 1 aromatic rings. The number of carbonyl (C=O) groups is 1. The van der Waals surface area contributed by atoms with Gasteiger partial charge in [-0.3, -0.25) is 4.79 Å². The van der Waals surface area contributed by atoms with Gasteiger partial charge in [0.05, 0.1) is 19.2 Å².